The van der Waals surface area contributed by atoms with E-state index in [2.05, 4.69) is 16.8 Å². The summed E-state index contributed by atoms with van der Waals surface area (Å²) in [5.41, 5.74) is 4.07. The van der Waals surface area contributed by atoms with E-state index in [1.54, 1.807) is 0 Å². The Morgan fingerprint density at radius 2 is 2.03 bits per heavy atom. The van der Waals surface area contributed by atoms with Gasteiger partial charge in [-0.2, -0.15) is 0 Å². The number of allylic oxidation sites excluding steroid dienone is 1. The van der Waals surface area contributed by atoms with Crippen LogP contribution in [-0.4, -0.2) is 22.1 Å². The van der Waals surface area contributed by atoms with Crippen LogP contribution < -0.4 is 5.32 Å². The highest BCUT2D eigenvalue weighted by Crippen LogP contribution is 2.40. The molecule has 0 radical (unpaired) electrons. The molecule has 0 spiro atoms. The average Bonchev–Trinajstić information content (AvgIpc) is 3.07. The number of para-hydroxylation sites is 2. The number of carbonyl (C=O) groups excluding carboxylic acids is 1. The second-order valence-corrected chi connectivity index (χ2v) is 7.69. The van der Waals surface area contributed by atoms with E-state index < -0.39 is 0 Å². The highest BCUT2D eigenvalue weighted by molar-refractivity contribution is 6.30. The molecule has 0 saturated carbocycles. The van der Waals surface area contributed by atoms with Gasteiger partial charge in [-0.05, 0) is 43.2 Å². The molecule has 5 nitrogen and oxygen atoms in total. The SMILES string of the molecule is CCCCCOC(=O)C1=C(C)Nc2nc3ccccc3n2[C@H]1c1cccc(Cl)c1. The van der Waals surface area contributed by atoms with Crippen LogP contribution in [0.5, 0.6) is 0 Å². The molecule has 0 amide bonds. The molecule has 2 heterocycles. The van der Waals surface area contributed by atoms with Gasteiger partial charge >= 0.3 is 5.97 Å². The molecule has 4 rings (SSSR count). The summed E-state index contributed by atoms with van der Waals surface area (Å²) in [6.45, 7) is 4.44. The molecule has 0 saturated heterocycles. The monoisotopic (exact) mass is 409 g/mol. The fourth-order valence-corrected chi connectivity index (χ4v) is 4.01. The minimum atomic E-state index is -0.365. The third-order valence-electron chi connectivity index (χ3n) is 5.20. The van der Waals surface area contributed by atoms with E-state index in [-0.39, 0.29) is 12.0 Å². The number of ether oxygens (including phenoxy) is 1. The van der Waals surface area contributed by atoms with Gasteiger partial charge in [0.2, 0.25) is 5.95 Å². The number of carbonyl (C=O) groups is 1. The summed E-state index contributed by atoms with van der Waals surface area (Å²) < 4.78 is 7.69. The zero-order valence-corrected chi connectivity index (χ0v) is 17.4. The second kappa shape index (κ2) is 8.29. The number of unbranched alkanes of at least 4 members (excludes halogenated alkanes) is 2. The largest absolute Gasteiger partial charge is 0.462 e. The minimum absolute atomic E-state index is 0.306. The number of anilines is 1. The van der Waals surface area contributed by atoms with Gasteiger partial charge in [0.25, 0.3) is 0 Å². The molecule has 1 aliphatic rings. The van der Waals surface area contributed by atoms with Crippen LogP contribution in [0, 0.1) is 0 Å². The van der Waals surface area contributed by atoms with Crippen molar-refractivity contribution in [3.05, 3.63) is 70.4 Å². The fourth-order valence-electron chi connectivity index (χ4n) is 3.82. The molecule has 1 N–H and O–H groups in total. The predicted molar refractivity (Wildman–Crippen MR) is 116 cm³/mol. The van der Waals surface area contributed by atoms with E-state index >= 15 is 0 Å². The summed E-state index contributed by atoms with van der Waals surface area (Å²) in [7, 11) is 0. The number of halogens is 1. The number of rotatable bonds is 6. The van der Waals surface area contributed by atoms with Crippen molar-refractivity contribution in [1.82, 2.24) is 9.55 Å². The Labute approximate surface area is 175 Å². The first-order valence-electron chi connectivity index (χ1n) is 9.97. The van der Waals surface area contributed by atoms with Crippen LogP contribution in [0.3, 0.4) is 0 Å². The number of hydrogen-bond acceptors (Lipinski definition) is 4. The second-order valence-electron chi connectivity index (χ2n) is 7.26. The Kier molecular flexibility index (Phi) is 5.58. The van der Waals surface area contributed by atoms with Gasteiger partial charge in [0.05, 0.1) is 29.3 Å². The van der Waals surface area contributed by atoms with Crippen LogP contribution in [0.2, 0.25) is 5.02 Å². The van der Waals surface area contributed by atoms with Gasteiger partial charge in [-0.3, -0.25) is 4.57 Å². The van der Waals surface area contributed by atoms with Crippen molar-refractivity contribution in [2.75, 3.05) is 11.9 Å². The summed E-state index contributed by atoms with van der Waals surface area (Å²) in [5, 5.41) is 3.92. The van der Waals surface area contributed by atoms with Crippen LogP contribution in [0.15, 0.2) is 59.8 Å². The molecule has 1 atom stereocenters. The normalized spacial score (nSPS) is 15.9. The van der Waals surface area contributed by atoms with Gasteiger partial charge in [0.1, 0.15) is 0 Å². The summed E-state index contributed by atoms with van der Waals surface area (Å²) in [6.07, 6.45) is 2.98. The van der Waals surface area contributed by atoms with Crippen LogP contribution >= 0.6 is 11.6 Å². The van der Waals surface area contributed by atoms with E-state index in [0.717, 1.165) is 41.6 Å². The Morgan fingerprint density at radius 3 is 2.83 bits per heavy atom. The van der Waals surface area contributed by atoms with Gasteiger partial charge < -0.3 is 10.1 Å². The fraction of sp³-hybridized carbons (Fsp3) is 0.304. The van der Waals surface area contributed by atoms with Crippen molar-refractivity contribution < 1.29 is 9.53 Å². The first-order valence-corrected chi connectivity index (χ1v) is 10.3. The summed E-state index contributed by atoms with van der Waals surface area (Å²) in [5.74, 6) is 0.399. The first-order chi connectivity index (χ1) is 14.1. The number of hydrogen-bond donors (Lipinski definition) is 1. The Bertz CT molecular complexity index is 1090. The van der Waals surface area contributed by atoms with E-state index in [1.807, 2.05) is 55.5 Å². The lowest BCUT2D eigenvalue weighted by molar-refractivity contribution is -0.139. The number of benzene rings is 2. The van der Waals surface area contributed by atoms with Gasteiger partial charge in [-0.15, -0.1) is 0 Å². The van der Waals surface area contributed by atoms with Crippen molar-refractivity contribution in [3.63, 3.8) is 0 Å². The van der Waals surface area contributed by atoms with Crippen molar-refractivity contribution >= 4 is 34.6 Å². The molecular formula is C23H24ClN3O2. The number of nitrogens with one attached hydrogen (secondary N) is 1. The molecule has 1 aromatic heterocycles. The molecule has 150 valence electrons. The van der Waals surface area contributed by atoms with Crippen LogP contribution in [0.4, 0.5) is 5.95 Å². The molecule has 2 aromatic carbocycles. The first kappa shape index (κ1) is 19.5. The Morgan fingerprint density at radius 1 is 1.21 bits per heavy atom. The Balaban J connectivity index is 1.81. The lowest BCUT2D eigenvalue weighted by Crippen LogP contribution is -2.29. The standard InChI is InChI=1S/C23H24ClN3O2/c1-3-4-7-13-29-22(28)20-15(2)25-23-26-18-11-5-6-12-19(18)27(23)21(20)16-9-8-10-17(24)14-16/h5-6,8-12,14,21H,3-4,7,13H2,1-2H3,(H,25,26)/t21-/m0/s1. The zero-order chi connectivity index (χ0) is 20.4. The van der Waals surface area contributed by atoms with E-state index in [9.17, 15) is 4.79 Å². The van der Waals surface area contributed by atoms with Crippen LogP contribution in [-0.2, 0) is 9.53 Å². The quantitative estimate of drug-likeness (QED) is 0.418. The van der Waals surface area contributed by atoms with Gasteiger partial charge in [-0.25, -0.2) is 9.78 Å². The molecule has 1 aliphatic heterocycles. The molecule has 0 unspecified atom stereocenters. The third kappa shape index (κ3) is 3.75. The maximum Gasteiger partial charge on any atom is 0.338 e. The maximum atomic E-state index is 13.1. The third-order valence-corrected chi connectivity index (χ3v) is 5.43. The smallest absolute Gasteiger partial charge is 0.338 e. The minimum Gasteiger partial charge on any atom is -0.462 e. The predicted octanol–water partition coefficient (Wildman–Crippen LogP) is 5.71. The van der Waals surface area contributed by atoms with Crippen molar-refractivity contribution in [3.8, 4) is 0 Å². The molecule has 29 heavy (non-hydrogen) atoms. The number of esters is 1. The lowest BCUT2D eigenvalue weighted by atomic mass is 9.95. The number of fused-ring (bicyclic) bond motifs is 3. The van der Waals surface area contributed by atoms with Gasteiger partial charge in [-0.1, -0.05) is 55.6 Å². The van der Waals surface area contributed by atoms with Gasteiger partial charge in [0, 0.05) is 10.7 Å². The van der Waals surface area contributed by atoms with Crippen LogP contribution in [0.1, 0.15) is 44.7 Å². The average molecular weight is 410 g/mol. The summed E-state index contributed by atoms with van der Waals surface area (Å²) in [4.78, 5) is 17.8. The number of imidazole rings is 1. The highest BCUT2D eigenvalue weighted by Gasteiger charge is 2.35. The zero-order valence-electron chi connectivity index (χ0n) is 16.6. The van der Waals surface area contributed by atoms with Gasteiger partial charge in [0.15, 0.2) is 0 Å². The number of nitrogens with zero attached hydrogens (tertiary/aromatic N) is 2. The number of aromatic nitrogens is 2. The van der Waals surface area contributed by atoms with E-state index in [1.165, 1.54) is 0 Å². The Hall–Kier alpha value is -2.79. The molecular weight excluding hydrogens is 386 g/mol. The lowest BCUT2D eigenvalue weighted by Gasteiger charge is -2.30. The molecule has 0 aliphatic carbocycles. The van der Waals surface area contributed by atoms with Crippen molar-refractivity contribution in [2.45, 2.75) is 39.2 Å². The molecule has 0 bridgehead atoms. The summed E-state index contributed by atoms with van der Waals surface area (Å²) >= 11 is 6.29. The molecule has 6 heteroatoms. The molecule has 0 fully saturated rings. The maximum absolute atomic E-state index is 13.1. The highest BCUT2D eigenvalue weighted by atomic mass is 35.5. The van der Waals surface area contributed by atoms with Crippen molar-refractivity contribution in [1.29, 1.82) is 0 Å². The van der Waals surface area contributed by atoms with Crippen LogP contribution in [0.25, 0.3) is 11.0 Å². The van der Waals surface area contributed by atoms with E-state index in [0.29, 0.717) is 23.2 Å². The van der Waals surface area contributed by atoms with Crippen molar-refractivity contribution in [2.24, 2.45) is 0 Å². The topological polar surface area (TPSA) is 56.1 Å². The molecule has 3 aromatic rings. The van der Waals surface area contributed by atoms with E-state index in [4.69, 9.17) is 21.3 Å². The summed E-state index contributed by atoms with van der Waals surface area (Å²) in [6, 6.07) is 15.2.